The van der Waals surface area contributed by atoms with Gasteiger partial charge in [-0.2, -0.15) is 4.80 Å². The normalized spacial score (nSPS) is 14.0. The SMILES string of the molecule is CC(=O)N1CCc2cc(C(=O)C(C)n3nnc(-c4ccc(C)cc4)n3)ccc21. The first-order valence-electron chi connectivity index (χ1n) is 9.26. The molecular formula is C21H21N5O2. The zero-order chi connectivity index (χ0) is 19.8. The van der Waals surface area contributed by atoms with Gasteiger partial charge >= 0.3 is 0 Å². The quantitative estimate of drug-likeness (QED) is 0.655. The molecule has 0 radical (unpaired) electrons. The van der Waals surface area contributed by atoms with Crippen LogP contribution in [0.15, 0.2) is 42.5 Å². The highest BCUT2D eigenvalue weighted by atomic mass is 16.2. The molecule has 1 unspecified atom stereocenters. The summed E-state index contributed by atoms with van der Waals surface area (Å²) in [5.41, 5.74) is 4.50. The summed E-state index contributed by atoms with van der Waals surface area (Å²) in [5, 5.41) is 12.5. The van der Waals surface area contributed by atoms with E-state index in [0.29, 0.717) is 17.9 Å². The molecule has 0 fully saturated rings. The van der Waals surface area contributed by atoms with Crippen LogP contribution >= 0.6 is 0 Å². The maximum atomic E-state index is 12.9. The van der Waals surface area contributed by atoms with Gasteiger partial charge in [-0.15, -0.1) is 10.2 Å². The highest BCUT2D eigenvalue weighted by Crippen LogP contribution is 2.30. The van der Waals surface area contributed by atoms with Crippen LogP contribution in [0, 0.1) is 6.92 Å². The Morgan fingerprint density at radius 1 is 1.11 bits per heavy atom. The molecule has 7 nitrogen and oxygen atoms in total. The number of hydrogen-bond donors (Lipinski definition) is 0. The number of aromatic nitrogens is 4. The van der Waals surface area contributed by atoms with Gasteiger partial charge in [0.05, 0.1) is 0 Å². The lowest BCUT2D eigenvalue weighted by Gasteiger charge is -2.15. The smallest absolute Gasteiger partial charge is 0.223 e. The van der Waals surface area contributed by atoms with E-state index in [-0.39, 0.29) is 11.7 Å². The van der Waals surface area contributed by atoms with Crippen LogP contribution in [0.3, 0.4) is 0 Å². The average Bonchev–Trinajstić information content (AvgIpc) is 3.34. The second-order valence-electron chi connectivity index (χ2n) is 7.10. The Kier molecular flexibility index (Phi) is 4.50. The Balaban J connectivity index is 1.56. The van der Waals surface area contributed by atoms with Crippen LogP contribution in [-0.4, -0.2) is 38.4 Å². The van der Waals surface area contributed by atoms with E-state index in [2.05, 4.69) is 15.4 Å². The molecular weight excluding hydrogens is 354 g/mol. The number of hydrogen-bond acceptors (Lipinski definition) is 5. The number of benzene rings is 2. The molecule has 1 aliphatic heterocycles. The number of rotatable bonds is 4. The number of aryl methyl sites for hydroxylation is 1. The third-order valence-corrected chi connectivity index (χ3v) is 5.10. The average molecular weight is 375 g/mol. The standard InChI is InChI=1S/C21H21N5O2/c1-13-4-6-16(7-5-13)21-22-24-26(23-21)14(2)20(28)18-8-9-19-17(12-18)10-11-25(19)15(3)27/h4-9,12,14H,10-11H2,1-3H3. The summed E-state index contributed by atoms with van der Waals surface area (Å²) in [6, 6.07) is 12.7. The second kappa shape index (κ2) is 6.99. The van der Waals surface area contributed by atoms with Gasteiger partial charge in [-0.3, -0.25) is 9.59 Å². The van der Waals surface area contributed by atoms with Crippen LogP contribution in [0.25, 0.3) is 11.4 Å². The van der Waals surface area contributed by atoms with E-state index < -0.39 is 6.04 Å². The Morgan fingerprint density at radius 3 is 2.57 bits per heavy atom. The van der Waals surface area contributed by atoms with Crippen LogP contribution in [0.4, 0.5) is 5.69 Å². The predicted octanol–water partition coefficient (Wildman–Crippen LogP) is 3.00. The fourth-order valence-electron chi connectivity index (χ4n) is 3.44. The van der Waals surface area contributed by atoms with Gasteiger partial charge < -0.3 is 4.90 Å². The third kappa shape index (κ3) is 3.19. The van der Waals surface area contributed by atoms with E-state index in [1.54, 1.807) is 24.8 Å². The molecule has 142 valence electrons. The van der Waals surface area contributed by atoms with Gasteiger partial charge in [0.2, 0.25) is 11.7 Å². The van der Waals surface area contributed by atoms with Crippen LogP contribution in [0.5, 0.6) is 0 Å². The van der Waals surface area contributed by atoms with Gasteiger partial charge in [0.1, 0.15) is 6.04 Å². The Hall–Kier alpha value is -3.35. The summed E-state index contributed by atoms with van der Waals surface area (Å²) < 4.78 is 0. The Morgan fingerprint density at radius 2 is 1.86 bits per heavy atom. The largest absolute Gasteiger partial charge is 0.312 e. The molecule has 0 spiro atoms. The van der Waals surface area contributed by atoms with Gasteiger partial charge in [0.15, 0.2) is 5.78 Å². The highest BCUT2D eigenvalue weighted by molar-refractivity contribution is 6.00. The van der Waals surface area contributed by atoms with Gasteiger partial charge in [-0.1, -0.05) is 29.8 Å². The monoisotopic (exact) mass is 375 g/mol. The minimum absolute atomic E-state index is 0.0154. The molecule has 0 bridgehead atoms. The van der Waals surface area contributed by atoms with Crippen molar-refractivity contribution >= 4 is 17.4 Å². The van der Waals surface area contributed by atoms with Crippen molar-refractivity contribution < 1.29 is 9.59 Å². The highest BCUT2D eigenvalue weighted by Gasteiger charge is 2.25. The molecule has 0 N–H and O–H groups in total. The summed E-state index contributed by atoms with van der Waals surface area (Å²) in [5.74, 6) is 0.421. The number of tetrazole rings is 1. The van der Waals surface area contributed by atoms with Crippen molar-refractivity contribution in [2.45, 2.75) is 33.2 Å². The fraction of sp³-hybridized carbons (Fsp3) is 0.286. The van der Waals surface area contributed by atoms with Crippen molar-refractivity contribution in [3.8, 4) is 11.4 Å². The van der Waals surface area contributed by atoms with Gasteiger partial charge in [0.25, 0.3) is 0 Å². The van der Waals surface area contributed by atoms with E-state index in [0.717, 1.165) is 28.8 Å². The molecule has 7 heteroatoms. The van der Waals surface area contributed by atoms with Crippen molar-refractivity contribution in [3.63, 3.8) is 0 Å². The van der Waals surface area contributed by atoms with E-state index >= 15 is 0 Å². The molecule has 1 amide bonds. The molecule has 0 saturated carbocycles. The lowest BCUT2D eigenvalue weighted by atomic mass is 10.0. The topological polar surface area (TPSA) is 81.0 Å². The predicted molar refractivity (Wildman–Crippen MR) is 105 cm³/mol. The van der Waals surface area contributed by atoms with Gasteiger partial charge in [-0.05, 0) is 49.2 Å². The molecule has 2 aromatic carbocycles. The van der Waals surface area contributed by atoms with Crippen molar-refractivity contribution in [3.05, 3.63) is 59.2 Å². The number of carbonyl (C=O) groups is 2. The van der Waals surface area contributed by atoms with Crippen molar-refractivity contribution in [2.75, 3.05) is 11.4 Å². The lowest BCUT2D eigenvalue weighted by molar-refractivity contribution is -0.116. The molecule has 1 aliphatic rings. The summed E-state index contributed by atoms with van der Waals surface area (Å²) in [4.78, 5) is 27.7. The number of Topliss-reactive ketones (excluding diaryl/α,β-unsaturated/α-hetero) is 1. The number of fused-ring (bicyclic) bond motifs is 1. The van der Waals surface area contributed by atoms with Crippen molar-refractivity contribution in [1.82, 2.24) is 20.2 Å². The minimum atomic E-state index is -0.574. The van der Waals surface area contributed by atoms with Crippen molar-refractivity contribution in [2.24, 2.45) is 0 Å². The lowest BCUT2D eigenvalue weighted by Crippen LogP contribution is -2.25. The number of ketones is 1. The van der Waals surface area contributed by atoms with E-state index in [1.807, 2.05) is 43.3 Å². The minimum Gasteiger partial charge on any atom is -0.312 e. The molecule has 1 atom stereocenters. The molecule has 0 aliphatic carbocycles. The van der Waals surface area contributed by atoms with Crippen LogP contribution in [0.1, 0.15) is 41.4 Å². The molecule has 0 saturated heterocycles. The maximum absolute atomic E-state index is 12.9. The zero-order valence-electron chi connectivity index (χ0n) is 16.1. The maximum Gasteiger partial charge on any atom is 0.223 e. The van der Waals surface area contributed by atoms with Crippen molar-refractivity contribution in [1.29, 1.82) is 0 Å². The number of anilines is 1. The zero-order valence-corrected chi connectivity index (χ0v) is 16.1. The summed E-state index contributed by atoms with van der Waals surface area (Å²) in [7, 11) is 0. The fourth-order valence-corrected chi connectivity index (χ4v) is 3.44. The first-order chi connectivity index (χ1) is 13.4. The Bertz CT molecular complexity index is 1050. The third-order valence-electron chi connectivity index (χ3n) is 5.10. The first kappa shape index (κ1) is 18.0. The molecule has 1 aromatic heterocycles. The first-order valence-corrected chi connectivity index (χ1v) is 9.26. The number of nitrogens with zero attached hydrogens (tertiary/aromatic N) is 5. The van der Waals surface area contributed by atoms with E-state index in [4.69, 9.17) is 0 Å². The van der Waals surface area contributed by atoms with E-state index in [9.17, 15) is 9.59 Å². The second-order valence-corrected chi connectivity index (χ2v) is 7.10. The van der Waals surface area contributed by atoms with E-state index in [1.165, 1.54) is 4.80 Å². The van der Waals surface area contributed by atoms with Crippen LogP contribution < -0.4 is 4.90 Å². The van der Waals surface area contributed by atoms with Gasteiger partial charge in [0, 0.05) is 30.3 Å². The number of amides is 1. The summed E-state index contributed by atoms with van der Waals surface area (Å²) >= 11 is 0. The molecule has 3 aromatic rings. The molecule has 2 heterocycles. The summed E-state index contributed by atoms with van der Waals surface area (Å²) in [6.45, 7) is 5.99. The summed E-state index contributed by atoms with van der Waals surface area (Å²) in [6.07, 6.45) is 0.754. The molecule has 28 heavy (non-hydrogen) atoms. The number of carbonyl (C=O) groups excluding carboxylic acids is 2. The van der Waals surface area contributed by atoms with Crippen LogP contribution in [-0.2, 0) is 11.2 Å². The van der Waals surface area contributed by atoms with Gasteiger partial charge in [-0.25, -0.2) is 0 Å². The Labute approximate surface area is 163 Å². The van der Waals surface area contributed by atoms with Crippen LogP contribution in [0.2, 0.25) is 0 Å². The molecule has 4 rings (SSSR count).